The summed E-state index contributed by atoms with van der Waals surface area (Å²) in [4.78, 5) is 10.9. The molecule has 1 aliphatic carbocycles. The van der Waals surface area contributed by atoms with Crippen molar-refractivity contribution in [2.24, 2.45) is 5.92 Å². The Hall–Kier alpha value is -1.35. The van der Waals surface area contributed by atoms with Crippen LogP contribution in [0.5, 0.6) is 0 Å². The third-order valence-corrected chi connectivity index (χ3v) is 3.56. The molecule has 78 valence electrons. The number of fused-ring (bicyclic) bond motifs is 3. The van der Waals surface area contributed by atoms with Crippen LogP contribution in [0.2, 0.25) is 0 Å². The summed E-state index contributed by atoms with van der Waals surface area (Å²) in [5.41, 5.74) is 2.68. The number of rotatable bonds is 1. The van der Waals surface area contributed by atoms with Gasteiger partial charge in [-0.3, -0.25) is 10.1 Å². The highest BCUT2D eigenvalue weighted by Gasteiger charge is 2.42. The smallest absolute Gasteiger partial charge is 0.320 e. The van der Waals surface area contributed by atoms with Crippen LogP contribution in [-0.4, -0.2) is 17.1 Å². The number of hydrogen-bond acceptors (Lipinski definition) is 2. The van der Waals surface area contributed by atoms with Crippen molar-refractivity contribution in [3.8, 4) is 0 Å². The van der Waals surface area contributed by atoms with Crippen molar-refractivity contribution >= 4 is 5.97 Å². The molecule has 1 saturated heterocycles. The van der Waals surface area contributed by atoms with E-state index in [9.17, 15) is 4.79 Å². The van der Waals surface area contributed by atoms with Crippen LogP contribution in [0.4, 0.5) is 0 Å². The Kier molecular flexibility index (Phi) is 1.83. The van der Waals surface area contributed by atoms with Gasteiger partial charge in [-0.15, -0.1) is 0 Å². The Morgan fingerprint density at radius 1 is 1.40 bits per heavy atom. The van der Waals surface area contributed by atoms with Gasteiger partial charge in [-0.05, 0) is 29.9 Å². The zero-order valence-electron chi connectivity index (χ0n) is 8.31. The number of carbonyl (C=O) groups is 1. The fraction of sp³-hybridized carbons (Fsp3) is 0.417. The minimum absolute atomic E-state index is 0.266. The maximum Gasteiger partial charge on any atom is 0.320 e. The summed E-state index contributed by atoms with van der Waals surface area (Å²) in [6, 6.07) is 8.24. The van der Waals surface area contributed by atoms with Crippen molar-refractivity contribution < 1.29 is 9.90 Å². The molecule has 1 heterocycles. The van der Waals surface area contributed by atoms with E-state index in [0.29, 0.717) is 5.92 Å². The van der Waals surface area contributed by atoms with E-state index in [-0.39, 0.29) is 12.1 Å². The van der Waals surface area contributed by atoms with Crippen molar-refractivity contribution in [3.63, 3.8) is 0 Å². The predicted octanol–water partition coefficient (Wildman–Crippen LogP) is 1.35. The molecule has 3 unspecified atom stereocenters. The summed E-state index contributed by atoms with van der Waals surface area (Å²) in [5, 5.41) is 12.2. The Morgan fingerprint density at radius 3 is 3.00 bits per heavy atom. The SMILES string of the molecule is O=C(O)C1CC2Cc3ccccc3C2N1. The molecule has 1 aliphatic heterocycles. The third-order valence-electron chi connectivity index (χ3n) is 3.56. The highest BCUT2D eigenvalue weighted by Crippen LogP contribution is 2.42. The van der Waals surface area contributed by atoms with Crippen molar-refractivity contribution in [1.82, 2.24) is 5.32 Å². The van der Waals surface area contributed by atoms with Gasteiger partial charge in [-0.25, -0.2) is 0 Å². The predicted molar refractivity (Wildman–Crippen MR) is 55.6 cm³/mol. The van der Waals surface area contributed by atoms with E-state index in [1.54, 1.807) is 0 Å². The molecular formula is C12H13NO2. The molecule has 3 atom stereocenters. The zero-order valence-corrected chi connectivity index (χ0v) is 8.31. The molecule has 1 fully saturated rings. The average molecular weight is 203 g/mol. The molecular weight excluding hydrogens is 190 g/mol. The molecule has 1 aromatic rings. The van der Waals surface area contributed by atoms with Gasteiger partial charge in [0.1, 0.15) is 6.04 Å². The highest BCUT2D eigenvalue weighted by molar-refractivity contribution is 5.74. The molecule has 0 bridgehead atoms. The lowest BCUT2D eigenvalue weighted by molar-refractivity contribution is -0.139. The number of hydrogen-bond donors (Lipinski definition) is 2. The second-order valence-electron chi connectivity index (χ2n) is 4.43. The lowest BCUT2D eigenvalue weighted by Crippen LogP contribution is -2.31. The van der Waals surface area contributed by atoms with Crippen LogP contribution in [0, 0.1) is 5.92 Å². The summed E-state index contributed by atoms with van der Waals surface area (Å²) in [6.07, 6.45) is 1.78. The van der Waals surface area contributed by atoms with Gasteiger partial charge in [0.15, 0.2) is 0 Å². The molecule has 2 N–H and O–H groups in total. The average Bonchev–Trinajstić information content (AvgIpc) is 2.73. The summed E-state index contributed by atoms with van der Waals surface area (Å²) >= 11 is 0. The number of aliphatic carboxylic acids is 1. The van der Waals surface area contributed by atoms with E-state index < -0.39 is 5.97 Å². The largest absolute Gasteiger partial charge is 0.480 e. The lowest BCUT2D eigenvalue weighted by atomic mass is 10.0. The van der Waals surface area contributed by atoms with Crippen LogP contribution in [0.15, 0.2) is 24.3 Å². The summed E-state index contributed by atoms with van der Waals surface area (Å²) in [6.45, 7) is 0. The minimum Gasteiger partial charge on any atom is -0.480 e. The van der Waals surface area contributed by atoms with E-state index >= 15 is 0 Å². The van der Waals surface area contributed by atoms with Gasteiger partial charge in [-0.1, -0.05) is 24.3 Å². The molecule has 3 rings (SSSR count). The molecule has 15 heavy (non-hydrogen) atoms. The Balaban J connectivity index is 1.91. The van der Waals surface area contributed by atoms with E-state index in [4.69, 9.17) is 5.11 Å². The topological polar surface area (TPSA) is 49.3 Å². The fourth-order valence-electron chi connectivity index (χ4n) is 2.88. The van der Waals surface area contributed by atoms with Crippen molar-refractivity contribution in [1.29, 1.82) is 0 Å². The molecule has 0 amide bonds. The molecule has 0 radical (unpaired) electrons. The molecule has 0 aromatic heterocycles. The first-order valence-electron chi connectivity index (χ1n) is 5.32. The van der Waals surface area contributed by atoms with Gasteiger partial charge in [0, 0.05) is 6.04 Å². The molecule has 0 spiro atoms. The highest BCUT2D eigenvalue weighted by atomic mass is 16.4. The standard InChI is InChI=1S/C12H13NO2/c14-12(15)10-6-8-5-7-3-1-2-4-9(7)11(8)13-10/h1-4,8,10-11,13H,5-6H2,(H,14,15). The van der Waals surface area contributed by atoms with Gasteiger partial charge in [0.25, 0.3) is 0 Å². The van der Waals surface area contributed by atoms with E-state index in [1.165, 1.54) is 11.1 Å². The van der Waals surface area contributed by atoms with Crippen molar-refractivity contribution in [3.05, 3.63) is 35.4 Å². The van der Waals surface area contributed by atoms with Gasteiger partial charge in [0.2, 0.25) is 0 Å². The third kappa shape index (κ3) is 1.27. The Morgan fingerprint density at radius 2 is 2.20 bits per heavy atom. The van der Waals surface area contributed by atoms with Crippen LogP contribution < -0.4 is 5.32 Å². The molecule has 0 saturated carbocycles. The zero-order chi connectivity index (χ0) is 10.4. The quantitative estimate of drug-likeness (QED) is 0.724. The van der Waals surface area contributed by atoms with Crippen molar-refractivity contribution in [2.45, 2.75) is 24.9 Å². The van der Waals surface area contributed by atoms with Crippen LogP contribution in [0.1, 0.15) is 23.6 Å². The second-order valence-corrected chi connectivity index (χ2v) is 4.43. The number of carboxylic acid groups (broad SMARTS) is 1. The minimum atomic E-state index is -0.720. The van der Waals surface area contributed by atoms with Crippen LogP contribution in [-0.2, 0) is 11.2 Å². The fourth-order valence-corrected chi connectivity index (χ4v) is 2.88. The van der Waals surface area contributed by atoms with E-state index in [0.717, 1.165) is 12.8 Å². The first-order valence-corrected chi connectivity index (χ1v) is 5.32. The number of benzene rings is 1. The number of nitrogens with one attached hydrogen (secondary N) is 1. The lowest BCUT2D eigenvalue weighted by Gasteiger charge is -2.11. The maximum atomic E-state index is 10.9. The van der Waals surface area contributed by atoms with Crippen LogP contribution in [0.3, 0.4) is 0 Å². The van der Waals surface area contributed by atoms with Gasteiger partial charge in [-0.2, -0.15) is 0 Å². The normalized spacial score (nSPS) is 32.4. The van der Waals surface area contributed by atoms with E-state index in [1.807, 2.05) is 6.07 Å². The molecule has 2 aliphatic rings. The van der Waals surface area contributed by atoms with Crippen molar-refractivity contribution in [2.75, 3.05) is 0 Å². The first kappa shape index (κ1) is 8.92. The van der Waals surface area contributed by atoms with E-state index in [2.05, 4.69) is 23.5 Å². The Labute approximate surface area is 88.1 Å². The van der Waals surface area contributed by atoms with Crippen LogP contribution >= 0.6 is 0 Å². The molecule has 3 heteroatoms. The van der Waals surface area contributed by atoms with Gasteiger partial charge in [0.05, 0.1) is 0 Å². The summed E-state index contributed by atoms with van der Waals surface area (Å²) < 4.78 is 0. The molecule has 1 aromatic carbocycles. The summed E-state index contributed by atoms with van der Waals surface area (Å²) in [5.74, 6) is -0.245. The molecule has 3 nitrogen and oxygen atoms in total. The van der Waals surface area contributed by atoms with Gasteiger partial charge >= 0.3 is 5.97 Å². The Bertz CT molecular complexity index is 416. The summed E-state index contributed by atoms with van der Waals surface area (Å²) in [7, 11) is 0. The van der Waals surface area contributed by atoms with Gasteiger partial charge < -0.3 is 5.11 Å². The maximum absolute atomic E-state index is 10.9. The monoisotopic (exact) mass is 203 g/mol. The first-order chi connectivity index (χ1) is 7.25. The second kappa shape index (κ2) is 3.07. The number of carboxylic acids is 1. The van der Waals surface area contributed by atoms with Crippen LogP contribution in [0.25, 0.3) is 0 Å².